The lowest BCUT2D eigenvalue weighted by Gasteiger charge is -2.29. The van der Waals surface area contributed by atoms with Crippen molar-refractivity contribution < 1.29 is 0 Å². The van der Waals surface area contributed by atoms with Gasteiger partial charge in [0.25, 0.3) is 0 Å². The van der Waals surface area contributed by atoms with Crippen molar-refractivity contribution >= 4 is 28.5 Å². The summed E-state index contributed by atoms with van der Waals surface area (Å²) in [6.07, 6.45) is 3.57. The van der Waals surface area contributed by atoms with Crippen LogP contribution in [0.2, 0.25) is 0 Å². The summed E-state index contributed by atoms with van der Waals surface area (Å²) in [7, 11) is 1.97. The molecule has 0 bridgehead atoms. The Hall–Kier alpha value is -1.29. The van der Waals surface area contributed by atoms with Crippen LogP contribution >= 0.6 is 11.6 Å². The second kappa shape index (κ2) is 4.18. The molecule has 2 rings (SSSR count). The number of hydrogen-bond acceptors (Lipinski definition) is 3. The molecule has 0 spiro atoms. The Bertz CT molecular complexity index is 530. The van der Waals surface area contributed by atoms with Gasteiger partial charge >= 0.3 is 0 Å². The minimum atomic E-state index is -0.236. The van der Waals surface area contributed by atoms with Crippen LogP contribution in [0, 0.1) is 0 Å². The molecule has 0 aliphatic rings. The fraction of sp³-hybridized carbons (Fsp3) is 0.500. The van der Waals surface area contributed by atoms with Crippen molar-refractivity contribution in [3.8, 4) is 0 Å². The molecule has 0 saturated carbocycles. The Labute approximate surface area is 106 Å². The highest BCUT2D eigenvalue weighted by molar-refractivity contribution is 6.21. The van der Waals surface area contributed by atoms with E-state index >= 15 is 0 Å². The van der Waals surface area contributed by atoms with Crippen LogP contribution in [0.1, 0.15) is 20.8 Å². The monoisotopic (exact) mass is 252 g/mol. The third-order valence-corrected chi connectivity index (χ3v) is 3.62. The van der Waals surface area contributed by atoms with Gasteiger partial charge in [-0.15, -0.1) is 11.6 Å². The normalized spacial score (nSPS) is 13.9. The first kappa shape index (κ1) is 12.2. The first-order chi connectivity index (χ1) is 7.92. The van der Waals surface area contributed by atoms with Crippen LogP contribution in [-0.4, -0.2) is 25.5 Å². The molecule has 17 heavy (non-hydrogen) atoms. The van der Waals surface area contributed by atoms with Crippen molar-refractivity contribution in [3.63, 3.8) is 0 Å². The fourth-order valence-corrected chi connectivity index (χ4v) is 1.61. The second-order valence-electron chi connectivity index (χ2n) is 4.85. The molecule has 0 aromatic carbocycles. The van der Waals surface area contributed by atoms with Crippen molar-refractivity contribution in [3.05, 3.63) is 18.6 Å². The molecule has 2 aromatic heterocycles. The molecule has 1 N–H and O–H groups in total. The number of aromatic nitrogens is 3. The van der Waals surface area contributed by atoms with Crippen molar-refractivity contribution in [2.75, 3.05) is 5.32 Å². The van der Waals surface area contributed by atoms with Gasteiger partial charge < -0.3 is 9.88 Å². The van der Waals surface area contributed by atoms with Crippen molar-refractivity contribution in [2.45, 2.75) is 31.7 Å². The Morgan fingerprint density at radius 2 is 2.12 bits per heavy atom. The second-order valence-corrected chi connectivity index (χ2v) is 5.50. The largest absolute Gasteiger partial charge is 0.362 e. The van der Waals surface area contributed by atoms with Gasteiger partial charge in [0.1, 0.15) is 5.52 Å². The number of nitrogens with zero attached hydrogens (tertiary/aromatic N) is 3. The van der Waals surface area contributed by atoms with Crippen LogP contribution in [0.4, 0.5) is 5.82 Å². The summed E-state index contributed by atoms with van der Waals surface area (Å²) in [5.74, 6) is 0.778. The van der Waals surface area contributed by atoms with Crippen LogP contribution in [0.15, 0.2) is 18.6 Å². The van der Waals surface area contributed by atoms with Crippen LogP contribution in [0.5, 0.6) is 0 Å². The highest BCUT2D eigenvalue weighted by Crippen LogP contribution is 2.25. The third kappa shape index (κ3) is 2.22. The molecule has 0 fully saturated rings. The first-order valence-electron chi connectivity index (χ1n) is 5.60. The van der Waals surface area contributed by atoms with Crippen molar-refractivity contribution in [1.29, 1.82) is 0 Å². The lowest BCUT2D eigenvalue weighted by Crippen LogP contribution is -2.39. The topological polar surface area (TPSA) is 42.7 Å². The van der Waals surface area contributed by atoms with Gasteiger partial charge in [-0.3, -0.25) is 0 Å². The standard InChI is InChI=1S/C12H17ClN4/c1-8(13)12(2,3)16-11-10-9(5-6-14-11)17(4)7-15-10/h5-8H,1-4H3,(H,14,16). The summed E-state index contributed by atoms with van der Waals surface area (Å²) < 4.78 is 1.97. The Balaban J connectivity index is 2.43. The van der Waals surface area contributed by atoms with Gasteiger partial charge in [-0.1, -0.05) is 0 Å². The smallest absolute Gasteiger partial charge is 0.154 e. The molecule has 0 radical (unpaired) electrons. The van der Waals surface area contributed by atoms with E-state index in [1.807, 2.05) is 38.5 Å². The van der Waals surface area contributed by atoms with E-state index in [0.29, 0.717) is 0 Å². The maximum atomic E-state index is 6.16. The van der Waals surface area contributed by atoms with Crippen molar-refractivity contribution in [2.24, 2.45) is 7.05 Å². The molecule has 2 heterocycles. The van der Waals surface area contributed by atoms with Gasteiger partial charge in [0.05, 0.1) is 17.2 Å². The van der Waals surface area contributed by atoms with Gasteiger partial charge in [0.2, 0.25) is 0 Å². The molecule has 0 aliphatic carbocycles. The van der Waals surface area contributed by atoms with Gasteiger partial charge in [0, 0.05) is 18.8 Å². The summed E-state index contributed by atoms with van der Waals surface area (Å²) in [6, 6.07) is 1.95. The summed E-state index contributed by atoms with van der Waals surface area (Å²) in [6.45, 7) is 6.06. The highest BCUT2D eigenvalue weighted by atomic mass is 35.5. The Morgan fingerprint density at radius 1 is 1.41 bits per heavy atom. The lowest BCUT2D eigenvalue weighted by molar-refractivity contribution is 0.553. The van der Waals surface area contributed by atoms with Gasteiger partial charge in [-0.05, 0) is 26.8 Å². The molecule has 1 atom stereocenters. The zero-order chi connectivity index (χ0) is 12.6. The molecule has 0 amide bonds. The zero-order valence-electron chi connectivity index (χ0n) is 10.5. The minimum Gasteiger partial charge on any atom is -0.362 e. The van der Waals surface area contributed by atoms with E-state index in [1.54, 1.807) is 12.5 Å². The Kier molecular flexibility index (Phi) is 3.00. The molecule has 0 aliphatic heterocycles. The van der Waals surface area contributed by atoms with Crippen LogP contribution in [-0.2, 0) is 7.05 Å². The van der Waals surface area contributed by atoms with E-state index in [2.05, 4.69) is 15.3 Å². The van der Waals surface area contributed by atoms with Gasteiger partial charge in [-0.2, -0.15) is 0 Å². The van der Waals surface area contributed by atoms with E-state index < -0.39 is 0 Å². The molecular formula is C12H17ClN4. The average molecular weight is 253 g/mol. The number of fused-ring (bicyclic) bond motifs is 1. The van der Waals surface area contributed by atoms with E-state index in [-0.39, 0.29) is 10.9 Å². The summed E-state index contributed by atoms with van der Waals surface area (Å²) >= 11 is 6.16. The number of pyridine rings is 1. The molecule has 4 nitrogen and oxygen atoms in total. The summed E-state index contributed by atoms with van der Waals surface area (Å²) in [5, 5.41) is 3.34. The zero-order valence-corrected chi connectivity index (χ0v) is 11.3. The first-order valence-corrected chi connectivity index (χ1v) is 6.04. The number of rotatable bonds is 3. The molecule has 0 saturated heterocycles. The minimum absolute atomic E-state index is 0.0109. The van der Waals surface area contributed by atoms with Gasteiger partial charge in [0.15, 0.2) is 5.82 Å². The van der Waals surface area contributed by atoms with E-state index in [4.69, 9.17) is 11.6 Å². The number of halogens is 1. The summed E-state index contributed by atoms with van der Waals surface area (Å²) in [5.41, 5.74) is 1.70. The third-order valence-electron chi connectivity index (χ3n) is 3.08. The number of aryl methyl sites for hydroxylation is 1. The molecule has 1 unspecified atom stereocenters. The molecule has 5 heteroatoms. The number of anilines is 1. The number of hydrogen-bond donors (Lipinski definition) is 1. The Morgan fingerprint density at radius 3 is 2.76 bits per heavy atom. The van der Waals surface area contributed by atoms with Crippen LogP contribution in [0.3, 0.4) is 0 Å². The van der Waals surface area contributed by atoms with E-state index in [9.17, 15) is 0 Å². The number of nitrogens with one attached hydrogen (secondary N) is 1. The molecule has 92 valence electrons. The lowest BCUT2D eigenvalue weighted by atomic mass is 10.0. The average Bonchev–Trinajstić information content (AvgIpc) is 2.61. The quantitative estimate of drug-likeness (QED) is 0.855. The maximum absolute atomic E-state index is 6.16. The maximum Gasteiger partial charge on any atom is 0.154 e. The van der Waals surface area contributed by atoms with Crippen LogP contribution < -0.4 is 5.32 Å². The highest BCUT2D eigenvalue weighted by Gasteiger charge is 2.25. The van der Waals surface area contributed by atoms with E-state index in [0.717, 1.165) is 16.9 Å². The number of imidazole rings is 1. The number of alkyl halides is 1. The predicted octanol–water partition coefficient (Wildman–Crippen LogP) is 2.79. The van der Waals surface area contributed by atoms with Gasteiger partial charge in [-0.25, -0.2) is 9.97 Å². The van der Waals surface area contributed by atoms with Crippen molar-refractivity contribution in [1.82, 2.24) is 14.5 Å². The van der Waals surface area contributed by atoms with Crippen LogP contribution in [0.25, 0.3) is 11.0 Å². The van der Waals surface area contributed by atoms with E-state index in [1.165, 1.54) is 0 Å². The fourth-order valence-electron chi connectivity index (χ4n) is 1.56. The molecule has 2 aromatic rings. The SMILES string of the molecule is CC(Cl)C(C)(C)Nc1nccc2c1ncn2C. The molecular weight excluding hydrogens is 236 g/mol. The summed E-state index contributed by atoms with van der Waals surface area (Å²) in [4.78, 5) is 8.70. The predicted molar refractivity (Wildman–Crippen MR) is 71.5 cm³/mol.